The van der Waals surface area contributed by atoms with Crippen LogP contribution in [-0.4, -0.2) is 105 Å². The molecule has 0 radical (unpaired) electrons. The van der Waals surface area contributed by atoms with Gasteiger partial charge in [0.2, 0.25) is 5.91 Å². The maximum absolute atomic E-state index is 12.5. The highest BCUT2D eigenvalue weighted by Crippen LogP contribution is 2.37. The summed E-state index contributed by atoms with van der Waals surface area (Å²) in [6, 6.07) is 12.7. The third-order valence-corrected chi connectivity index (χ3v) is 8.70. The largest absolute Gasteiger partial charge is 0.463 e. The first-order valence-corrected chi connectivity index (χ1v) is 15.5. The summed E-state index contributed by atoms with van der Waals surface area (Å²) in [7, 11) is 0. The predicted molar refractivity (Wildman–Crippen MR) is 167 cm³/mol. The molecule has 6 rings (SSSR count). The van der Waals surface area contributed by atoms with Crippen molar-refractivity contribution in [1.82, 2.24) is 19.8 Å². The fourth-order valence-electron chi connectivity index (χ4n) is 6.13. The summed E-state index contributed by atoms with van der Waals surface area (Å²) in [6.07, 6.45) is 4.23. The van der Waals surface area contributed by atoms with E-state index in [4.69, 9.17) is 31.0 Å². The van der Waals surface area contributed by atoms with Gasteiger partial charge in [0.15, 0.2) is 0 Å². The zero-order chi connectivity index (χ0) is 29.6. The van der Waals surface area contributed by atoms with Gasteiger partial charge in [0.25, 0.3) is 0 Å². The van der Waals surface area contributed by atoms with Crippen molar-refractivity contribution < 1.29 is 18.7 Å². The second-order valence-corrected chi connectivity index (χ2v) is 11.5. The number of hydrogen-bond acceptors (Lipinski definition) is 8. The molecular formula is C32H38ClFN6O3. The highest BCUT2D eigenvalue weighted by molar-refractivity contribution is 6.36. The fraction of sp³-hybridized carbons (Fsp3) is 0.469. The second kappa shape index (κ2) is 13.9. The number of alkyl halides is 1. The van der Waals surface area contributed by atoms with Crippen molar-refractivity contribution in [2.75, 3.05) is 88.7 Å². The lowest BCUT2D eigenvalue weighted by molar-refractivity contribution is -0.126. The molecule has 2 fully saturated rings. The van der Waals surface area contributed by atoms with Crippen molar-refractivity contribution >= 4 is 39.8 Å². The average Bonchev–Trinajstić information content (AvgIpc) is 3.05. The molecule has 9 nitrogen and oxygen atoms in total. The number of piperazine rings is 1. The van der Waals surface area contributed by atoms with Crippen LogP contribution in [0.1, 0.15) is 17.7 Å². The number of ether oxygens (including phenoxy) is 2. The van der Waals surface area contributed by atoms with Gasteiger partial charge in [0, 0.05) is 75.1 Å². The number of nitrogens with zero attached hydrogens (tertiary/aromatic N) is 6. The number of amides is 1. The zero-order valence-electron chi connectivity index (χ0n) is 24.4. The summed E-state index contributed by atoms with van der Waals surface area (Å²) in [5.74, 6) is 0.728. The number of morpholine rings is 1. The van der Waals surface area contributed by atoms with Crippen LogP contribution in [0, 0.1) is 0 Å². The summed E-state index contributed by atoms with van der Waals surface area (Å²) in [5, 5.41) is 2.89. The van der Waals surface area contributed by atoms with Gasteiger partial charge >= 0.3 is 6.01 Å². The highest BCUT2D eigenvalue weighted by Gasteiger charge is 2.29. The van der Waals surface area contributed by atoms with E-state index in [1.807, 2.05) is 12.1 Å². The first kappa shape index (κ1) is 29.6. The van der Waals surface area contributed by atoms with Crippen LogP contribution in [0.5, 0.6) is 6.01 Å². The van der Waals surface area contributed by atoms with Gasteiger partial charge in [-0.25, -0.2) is 4.39 Å². The SMILES string of the molecule is O=C(/C=C/CF)N1CCN(c2nc(OCCCN3CCOCC3)nc3c2CCN(c2cccc4cccc(Cl)c24)C3)CC1. The Bertz CT molecular complexity index is 1450. The number of anilines is 2. The number of benzene rings is 2. The van der Waals surface area contributed by atoms with E-state index in [1.54, 1.807) is 4.90 Å². The molecule has 0 bridgehead atoms. The van der Waals surface area contributed by atoms with Gasteiger partial charge in [-0.05, 0) is 36.4 Å². The summed E-state index contributed by atoms with van der Waals surface area (Å²) in [4.78, 5) is 31.0. The Hall–Kier alpha value is -3.47. The standard InChI is InChI=1S/C32H38ClFN6O3/c33-26-7-1-5-24-6-2-8-28(30(24)26)40-13-10-25-27(23-40)35-32(43-20-4-12-37-18-21-42-22-19-37)36-31(25)39-16-14-38(15-17-39)29(41)9-3-11-34/h1-3,5-9H,4,10-23H2/b9-3+. The summed E-state index contributed by atoms with van der Waals surface area (Å²) < 4.78 is 24.2. The molecule has 1 aromatic heterocycles. The van der Waals surface area contributed by atoms with Crippen molar-refractivity contribution in [2.45, 2.75) is 19.4 Å². The number of fused-ring (bicyclic) bond motifs is 2. The van der Waals surface area contributed by atoms with Gasteiger partial charge in [-0.2, -0.15) is 9.97 Å². The molecule has 4 heterocycles. The van der Waals surface area contributed by atoms with Crippen LogP contribution in [0.4, 0.5) is 15.9 Å². The number of hydrogen-bond donors (Lipinski definition) is 0. The van der Waals surface area contributed by atoms with Gasteiger partial charge in [-0.15, -0.1) is 0 Å². The van der Waals surface area contributed by atoms with Crippen LogP contribution in [-0.2, 0) is 22.5 Å². The van der Waals surface area contributed by atoms with E-state index in [9.17, 15) is 9.18 Å². The van der Waals surface area contributed by atoms with Gasteiger partial charge in [0.05, 0.1) is 37.1 Å². The Kier molecular flexibility index (Phi) is 9.55. The van der Waals surface area contributed by atoms with Crippen molar-refractivity contribution in [3.63, 3.8) is 0 Å². The first-order chi connectivity index (χ1) is 21.1. The second-order valence-electron chi connectivity index (χ2n) is 11.1. The molecule has 0 spiro atoms. The van der Waals surface area contributed by atoms with Gasteiger partial charge < -0.3 is 24.2 Å². The van der Waals surface area contributed by atoms with Crippen LogP contribution >= 0.6 is 11.6 Å². The molecule has 43 heavy (non-hydrogen) atoms. The van der Waals surface area contributed by atoms with Gasteiger partial charge in [-0.1, -0.05) is 35.9 Å². The predicted octanol–water partition coefficient (Wildman–Crippen LogP) is 4.12. The van der Waals surface area contributed by atoms with E-state index in [1.165, 1.54) is 12.2 Å². The first-order valence-electron chi connectivity index (χ1n) is 15.1. The van der Waals surface area contributed by atoms with E-state index in [0.29, 0.717) is 45.3 Å². The van der Waals surface area contributed by atoms with E-state index in [-0.39, 0.29) is 5.91 Å². The minimum atomic E-state index is -0.643. The number of carbonyl (C=O) groups excluding carboxylic acids is 1. The number of aromatic nitrogens is 2. The molecule has 2 saturated heterocycles. The van der Waals surface area contributed by atoms with Crippen molar-refractivity contribution in [1.29, 1.82) is 0 Å². The smallest absolute Gasteiger partial charge is 0.318 e. The number of halogens is 2. The maximum atomic E-state index is 12.5. The Morgan fingerprint density at radius 1 is 1.00 bits per heavy atom. The molecular weight excluding hydrogens is 571 g/mol. The summed E-state index contributed by atoms with van der Waals surface area (Å²) in [6.45, 7) is 8.08. The molecule has 2 aromatic carbocycles. The monoisotopic (exact) mass is 608 g/mol. The lowest BCUT2D eigenvalue weighted by Gasteiger charge is -2.38. The topological polar surface area (TPSA) is 74.3 Å². The number of allylic oxidation sites excluding steroid dienone is 1. The normalized spacial score (nSPS) is 18.0. The highest BCUT2D eigenvalue weighted by atomic mass is 35.5. The third kappa shape index (κ3) is 6.87. The summed E-state index contributed by atoms with van der Waals surface area (Å²) >= 11 is 6.68. The maximum Gasteiger partial charge on any atom is 0.318 e. The molecule has 11 heteroatoms. The Morgan fingerprint density at radius 2 is 1.79 bits per heavy atom. The Balaban J connectivity index is 1.23. The molecule has 1 amide bonds. The number of carbonyl (C=O) groups is 1. The fourth-order valence-corrected chi connectivity index (χ4v) is 6.40. The Labute approximate surface area is 256 Å². The summed E-state index contributed by atoms with van der Waals surface area (Å²) in [5.41, 5.74) is 3.17. The van der Waals surface area contributed by atoms with Gasteiger partial charge in [-0.3, -0.25) is 9.69 Å². The quantitative estimate of drug-likeness (QED) is 0.265. The van der Waals surface area contributed by atoms with E-state index < -0.39 is 6.67 Å². The van der Waals surface area contributed by atoms with Crippen molar-refractivity contribution in [3.05, 3.63) is 64.8 Å². The van der Waals surface area contributed by atoms with Crippen LogP contribution in [0.3, 0.4) is 0 Å². The Morgan fingerprint density at radius 3 is 2.58 bits per heavy atom. The van der Waals surface area contributed by atoms with Gasteiger partial charge in [0.1, 0.15) is 12.5 Å². The molecule has 0 N–H and O–H groups in total. The average molecular weight is 609 g/mol. The molecule has 0 unspecified atom stereocenters. The van der Waals surface area contributed by atoms with Crippen LogP contribution in [0.15, 0.2) is 48.6 Å². The van der Waals surface area contributed by atoms with Crippen LogP contribution in [0.25, 0.3) is 10.8 Å². The molecule has 3 aliphatic rings. The number of rotatable bonds is 9. The molecule has 0 saturated carbocycles. The zero-order valence-corrected chi connectivity index (χ0v) is 25.1. The minimum absolute atomic E-state index is 0.157. The third-order valence-electron chi connectivity index (χ3n) is 8.39. The van der Waals surface area contributed by atoms with Crippen molar-refractivity contribution in [3.8, 4) is 6.01 Å². The molecule has 228 valence electrons. The van der Waals surface area contributed by atoms with Crippen LogP contribution < -0.4 is 14.5 Å². The van der Waals surface area contributed by atoms with E-state index >= 15 is 0 Å². The van der Waals surface area contributed by atoms with Crippen molar-refractivity contribution in [2.24, 2.45) is 0 Å². The molecule has 0 atom stereocenters. The van der Waals surface area contributed by atoms with Crippen LogP contribution in [0.2, 0.25) is 5.02 Å². The lowest BCUT2D eigenvalue weighted by Crippen LogP contribution is -2.49. The molecule has 0 aliphatic carbocycles. The lowest BCUT2D eigenvalue weighted by atomic mass is 10.0. The van der Waals surface area contributed by atoms with E-state index in [0.717, 1.165) is 90.8 Å². The minimum Gasteiger partial charge on any atom is -0.463 e. The molecule has 3 aliphatic heterocycles. The molecule has 3 aromatic rings. The van der Waals surface area contributed by atoms with E-state index in [2.05, 4.69) is 39.0 Å².